The van der Waals surface area contributed by atoms with Crippen LogP contribution in [-0.4, -0.2) is 23.1 Å². The Hall–Kier alpha value is -3.16. The number of benzene rings is 2. The maximum atomic E-state index is 10.0. The van der Waals surface area contributed by atoms with E-state index in [0.717, 1.165) is 26.5 Å². The third-order valence-electron chi connectivity index (χ3n) is 4.22. The summed E-state index contributed by atoms with van der Waals surface area (Å²) in [5, 5.41) is 18.8. The molecule has 1 N–H and O–H groups in total. The average molecular weight is 422 g/mol. The number of aromatic nitrogens is 1. The van der Waals surface area contributed by atoms with E-state index < -0.39 is 0 Å². The first-order valence-corrected chi connectivity index (χ1v) is 10.7. The molecule has 2 aromatic heterocycles. The molecule has 0 aliphatic rings. The van der Waals surface area contributed by atoms with Crippen molar-refractivity contribution in [2.45, 2.75) is 6.54 Å². The van der Waals surface area contributed by atoms with Gasteiger partial charge in [-0.2, -0.15) is 5.10 Å². The third-order valence-corrected chi connectivity index (χ3v) is 5.97. The molecule has 0 saturated carbocycles. The Labute approximate surface area is 176 Å². The Morgan fingerprint density at radius 3 is 2.66 bits per heavy atom. The molecule has 0 fully saturated rings. The van der Waals surface area contributed by atoms with Crippen LogP contribution < -0.4 is 9.54 Å². The molecular formula is C22H19N3O2S2. The van der Waals surface area contributed by atoms with E-state index >= 15 is 0 Å². The average Bonchev–Trinajstić information content (AvgIpc) is 3.41. The van der Waals surface area contributed by atoms with Gasteiger partial charge < -0.3 is 9.84 Å². The second-order valence-electron chi connectivity index (χ2n) is 6.17. The van der Waals surface area contributed by atoms with Crippen LogP contribution in [0.4, 0.5) is 0 Å². The minimum atomic E-state index is 0.0826. The number of hydrogen-bond acceptors (Lipinski definition) is 6. The van der Waals surface area contributed by atoms with Gasteiger partial charge in [-0.25, -0.2) is 4.68 Å². The van der Waals surface area contributed by atoms with Gasteiger partial charge in [-0.1, -0.05) is 36.4 Å². The van der Waals surface area contributed by atoms with Gasteiger partial charge >= 0.3 is 0 Å². The van der Waals surface area contributed by atoms with Crippen LogP contribution in [0.25, 0.3) is 10.6 Å². The fraction of sp³-hybridized carbons (Fsp3) is 0.0909. The largest absolute Gasteiger partial charge is 0.504 e. The summed E-state index contributed by atoms with van der Waals surface area (Å²) in [5.41, 5.74) is 2.91. The number of methoxy groups -OCH3 is 1. The number of phenols is 1. The van der Waals surface area contributed by atoms with Gasteiger partial charge in [0.25, 0.3) is 0 Å². The van der Waals surface area contributed by atoms with Crippen molar-refractivity contribution in [2.75, 3.05) is 7.11 Å². The van der Waals surface area contributed by atoms with E-state index in [9.17, 15) is 5.11 Å². The van der Waals surface area contributed by atoms with Gasteiger partial charge in [0.2, 0.25) is 4.80 Å². The van der Waals surface area contributed by atoms with Crippen LogP contribution in [0, 0.1) is 0 Å². The lowest BCUT2D eigenvalue weighted by molar-refractivity contribution is 0.373. The van der Waals surface area contributed by atoms with E-state index in [4.69, 9.17) is 9.73 Å². The predicted molar refractivity (Wildman–Crippen MR) is 119 cm³/mol. The zero-order chi connectivity index (χ0) is 20.1. The van der Waals surface area contributed by atoms with Crippen LogP contribution in [0.2, 0.25) is 0 Å². The number of hydrogen-bond donors (Lipinski definition) is 1. The maximum absolute atomic E-state index is 10.0. The molecule has 2 aromatic carbocycles. The van der Waals surface area contributed by atoms with E-state index in [2.05, 4.69) is 28.7 Å². The first-order chi connectivity index (χ1) is 14.2. The molecular weight excluding hydrogens is 402 g/mol. The molecule has 0 unspecified atom stereocenters. The molecule has 4 rings (SSSR count). The molecule has 0 aliphatic heterocycles. The van der Waals surface area contributed by atoms with Gasteiger partial charge in [0, 0.05) is 5.38 Å². The van der Waals surface area contributed by atoms with Crippen LogP contribution >= 0.6 is 22.7 Å². The third kappa shape index (κ3) is 4.47. The molecule has 146 valence electrons. The molecule has 7 heteroatoms. The normalized spacial score (nSPS) is 12.0. The minimum absolute atomic E-state index is 0.0826. The Morgan fingerprint density at radius 2 is 1.93 bits per heavy atom. The number of rotatable bonds is 6. The summed E-state index contributed by atoms with van der Waals surface area (Å²) in [6.45, 7) is 0.587. The second kappa shape index (κ2) is 8.89. The van der Waals surface area contributed by atoms with Crippen molar-refractivity contribution in [1.82, 2.24) is 4.68 Å². The van der Waals surface area contributed by atoms with Crippen molar-refractivity contribution in [3.63, 3.8) is 0 Å². The molecule has 0 radical (unpaired) electrons. The molecule has 5 nitrogen and oxygen atoms in total. The lowest BCUT2D eigenvalue weighted by Gasteiger charge is -2.04. The summed E-state index contributed by atoms with van der Waals surface area (Å²) in [4.78, 5) is 6.70. The second-order valence-corrected chi connectivity index (χ2v) is 7.95. The van der Waals surface area contributed by atoms with Gasteiger partial charge in [-0.15, -0.1) is 22.7 Å². The number of ether oxygens (including phenoxy) is 1. The predicted octanol–water partition coefficient (Wildman–Crippen LogP) is 4.98. The van der Waals surface area contributed by atoms with Crippen molar-refractivity contribution in [3.05, 3.63) is 87.4 Å². The summed E-state index contributed by atoms with van der Waals surface area (Å²) in [7, 11) is 1.53. The van der Waals surface area contributed by atoms with Crippen LogP contribution in [0.1, 0.15) is 11.1 Å². The summed E-state index contributed by atoms with van der Waals surface area (Å²) < 4.78 is 6.95. The zero-order valence-electron chi connectivity index (χ0n) is 15.7. The van der Waals surface area contributed by atoms with Crippen molar-refractivity contribution < 1.29 is 9.84 Å². The van der Waals surface area contributed by atoms with Crippen LogP contribution in [0.3, 0.4) is 0 Å². The van der Waals surface area contributed by atoms with Gasteiger partial charge in [-0.3, -0.25) is 4.99 Å². The van der Waals surface area contributed by atoms with Gasteiger partial charge in [-0.05, 0) is 40.8 Å². The van der Waals surface area contributed by atoms with Crippen molar-refractivity contribution in [1.29, 1.82) is 0 Å². The zero-order valence-corrected chi connectivity index (χ0v) is 17.4. The molecule has 0 saturated heterocycles. The topological polar surface area (TPSA) is 59.1 Å². The number of aromatic hydroxyl groups is 1. The molecule has 0 aliphatic carbocycles. The minimum Gasteiger partial charge on any atom is -0.504 e. The molecule has 0 atom stereocenters. The molecule has 0 bridgehead atoms. The lowest BCUT2D eigenvalue weighted by atomic mass is 10.2. The monoisotopic (exact) mass is 421 g/mol. The van der Waals surface area contributed by atoms with Crippen molar-refractivity contribution in [3.8, 4) is 22.1 Å². The van der Waals surface area contributed by atoms with E-state index in [-0.39, 0.29) is 5.75 Å². The fourth-order valence-corrected chi connectivity index (χ4v) is 4.40. The lowest BCUT2D eigenvalue weighted by Crippen LogP contribution is -2.12. The SMILES string of the molecule is COc1ccc(C=Nn2c(-c3cccs3)csc2=NCc2ccccc2)cc1O. The molecule has 2 heterocycles. The first-order valence-electron chi connectivity index (χ1n) is 8.95. The quantitative estimate of drug-likeness (QED) is 0.447. The first kappa shape index (κ1) is 19.2. The molecule has 0 amide bonds. The summed E-state index contributed by atoms with van der Waals surface area (Å²) in [6.07, 6.45) is 1.71. The van der Waals surface area contributed by atoms with Crippen molar-refractivity contribution in [2.24, 2.45) is 10.1 Å². The Morgan fingerprint density at radius 1 is 1.07 bits per heavy atom. The highest BCUT2D eigenvalue weighted by Crippen LogP contribution is 2.27. The van der Waals surface area contributed by atoms with E-state index in [1.165, 1.54) is 7.11 Å². The highest BCUT2D eigenvalue weighted by Gasteiger charge is 2.08. The van der Waals surface area contributed by atoms with Crippen molar-refractivity contribution >= 4 is 28.9 Å². The summed E-state index contributed by atoms with van der Waals surface area (Å²) in [6, 6.07) is 19.4. The smallest absolute Gasteiger partial charge is 0.206 e. The van der Waals surface area contributed by atoms with Gasteiger partial charge in [0.05, 0.1) is 30.4 Å². The van der Waals surface area contributed by atoms with Crippen LogP contribution in [0.15, 0.2) is 81.5 Å². The van der Waals surface area contributed by atoms with E-state index in [1.807, 2.05) is 40.4 Å². The van der Waals surface area contributed by atoms with E-state index in [0.29, 0.717) is 12.3 Å². The Bertz CT molecular complexity index is 1180. The van der Waals surface area contributed by atoms with Gasteiger partial charge in [0.1, 0.15) is 0 Å². The number of nitrogens with zero attached hydrogens (tertiary/aromatic N) is 3. The van der Waals surface area contributed by atoms with Gasteiger partial charge in [0.15, 0.2) is 11.5 Å². The highest BCUT2D eigenvalue weighted by molar-refractivity contribution is 7.14. The molecule has 0 spiro atoms. The van der Waals surface area contributed by atoms with Crippen LogP contribution in [0.5, 0.6) is 11.5 Å². The molecule has 4 aromatic rings. The maximum Gasteiger partial charge on any atom is 0.206 e. The number of thiazole rings is 1. The summed E-state index contributed by atoms with van der Waals surface area (Å²) >= 11 is 3.22. The highest BCUT2D eigenvalue weighted by atomic mass is 32.1. The standard InChI is InChI=1S/C22H19N3O2S2/c1-27-20-10-9-17(12-19(20)26)14-24-25-18(21-8-5-11-28-21)15-29-22(25)23-13-16-6-3-2-4-7-16/h2-12,14-15,26H,13H2,1H3. The Balaban J connectivity index is 1.71. The molecule has 29 heavy (non-hydrogen) atoms. The summed E-state index contributed by atoms with van der Waals surface area (Å²) in [5.74, 6) is 0.516. The fourth-order valence-electron chi connectivity index (χ4n) is 2.77. The number of phenolic OH excluding ortho intramolecular Hbond substituents is 1. The van der Waals surface area contributed by atoms with E-state index in [1.54, 1.807) is 41.0 Å². The number of thiophene rings is 1. The Kier molecular flexibility index (Phi) is 5.88. The van der Waals surface area contributed by atoms with Crippen LogP contribution in [-0.2, 0) is 6.54 Å².